The molecule has 202 valence electrons. The summed E-state index contributed by atoms with van der Waals surface area (Å²) < 4.78 is 61.6. The van der Waals surface area contributed by atoms with Gasteiger partial charge in [-0.3, -0.25) is 13.8 Å². The number of hydrogen-bond donors (Lipinski definition) is 2. The molecule has 12 heteroatoms. The molecule has 0 saturated carbocycles. The van der Waals surface area contributed by atoms with Crippen molar-refractivity contribution in [1.82, 2.24) is 0 Å². The molecule has 0 radical (unpaired) electrons. The number of sulfonamides is 2. The van der Waals surface area contributed by atoms with Gasteiger partial charge in [-0.1, -0.05) is 34.1 Å². The second-order valence-electron chi connectivity index (χ2n) is 8.21. The molecular formula is C27H24BrN3O6S2. The largest absolute Gasteiger partial charge is 0.497 e. The van der Waals surface area contributed by atoms with Gasteiger partial charge in [0.05, 0.1) is 22.6 Å². The molecule has 0 fully saturated rings. The Hall–Kier alpha value is -3.87. The molecule has 0 aliphatic heterocycles. The Kier molecular flexibility index (Phi) is 8.58. The number of nitrogens with one attached hydrogen (secondary N) is 2. The molecule has 0 saturated heterocycles. The van der Waals surface area contributed by atoms with Gasteiger partial charge in [0, 0.05) is 15.8 Å². The maximum Gasteiger partial charge on any atom is 0.264 e. The van der Waals surface area contributed by atoms with E-state index >= 15 is 0 Å². The standard InChI is InChI=1S/C27H24BrN3O6S2/c1-37-24-15-9-22(10-16-24)30-38(33,34)25-17-11-21(12-18-25)29-27(32)19-31(23-13-7-20(28)8-14-23)39(35,36)26-5-3-2-4-6-26/h2-18,30H,19H2,1H3,(H,29,32). The van der Waals surface area contributed by atoms with Gasteiger partial charge >= 0.3 is 0 Å². The number of anilines is 3. The lowest BCUT2D eigenvalue weighted by molar-refractivity contribution is -0.114. The number of hydrogen-bond acceptors (Lipinski definition) is 6. The van der Waals surface area contributed by atoms with Crippen molar-refractivity contribution in [2.75, 3.05) is 28.0 Å². The summed E-state index contributed by atoms with van der Waals surface area (Å²) in [5.41, 5.74) is 0.973. The average Bonchev–Trinajstić information content (AvgIpc) is 2.93. The second-order valence-corrected chi connectivity index (χ2v) is 12.7. The zero-order valence-corrected chi connectivity index (χ0v) is 23.8. The van der Waals surface area contributed by atoms with Crippen LogP contribution < -0.4 is 19.1 Å². The summed E-state index contributed by atoms with van der Waals surface area (Å²) in [7, 11) is -6.42. The van der Waals surface area contributed by atoms with Crippen molar-refractivity contribution in [2.45, 2.75) is 9.79 Å². The van der Waals surface area contributed by atoms with Crippen LogP contribution in [0.2, 0.25) is 0 Å². The van der Waals surface area contributed by atoms with Crippen LogP contribution >= 0.6 is 15.9 Å². The van der Waals surface area contributed by atoms with E-state index in [1.54, 1.807) is 66.7 Å². The van der Waals surface area contributed by atoms with Gasteiger partial charge in [0.15, 0.2) is 0 Å². The Morgan fingerprint density at radius 1 is 0.769 bits per heavy atom. The van der Waals surface area contributed by atoms with Crippen LogP contribution in [-0.4, -0.2) is 36.4 Å². The molecule has 0 spiro atoms. The summed E-state index contributed by atoms with van der Waals surface area (Å²) in [5, 5.41) is 2.63. The lowest BCUT2D eigenvalue weighted by Crippen LogP contribution is -2.38. The van der Waals surface area contributed by atoms with Crippen LogP contribution in [0.3, 0.4) is 0 Å². The summed E-state index contributed by atoms with van der Waals surface area (Å²) in [6.07, 6.45) is 0. The van der Waals surface area contributed by atoms with E-state index in [1.165, 1.54) is 43.5 Å². The molecule has 4 aromatic rings. The van der Waals surface area contributed by atoms with Crippen LogP contribution in [-0.2, 0) is 24.8 Å². The lowest BCUT2D eigenvalue weighted by atomic mass is 10.3. The fourth-order valence-electron chi connectivity index (χ4n) is 3.56. The van der Waals surface area contributed by atoms with Gasteiger partial charge in [-0.05, 0) is 84.9 Å². The predicted molar refractivity (Wildman–Crippen MR) is 154 cm³/mol. The molecule has 2 N–H and O–H groups in total. The highest BCUT2D eigenvalue weighted by molar-refractivity contribution is 9.10. The number of methoxy groups -OCH3 is 1. The Morgan fingerprint density at radius 3 is 1.95 bits per heavy atom. The van der Waals surface area contributed by atoms with Crippen LogP contribution in [0, 0.1) is 0 Å². The van der Waals surface area contributed by atoms with E-state index in [9.17, 15) is 21.6 Å². The fourth-order valence-corrected chi connectivity index (χ4v) is 6.33. The fraction of sp³-hybridized carbons (Fsp3) is 0.0741. The first kappa shape index (κ1) is 28.1. The molecule has 0 heterocycles. The molecule has 1 amide bonds. The predicted octanol–water partition coefficient (Wildman–Crippen LogP) is 5.09. The van der Waals surface area contributed by atoms with Crippen LogP contribution in [0.15, 0.2) is 117 Å². The van der Waals surface area contributed by atoms with Gasteiger partial charge in [0.1, 0.15) is 12.3 Å². The first-order chi connectivity index (χ1) is 18.6. The van der Waals surface area contributed by atoms with E-state index in [-0.39, 0.29) is 9.79 Å². The second kappa shape index (κ2) is 11.9. The van der Waals surface area contributed by atoms with E-state index < -0.39 is 32.5 Å². The number of amides is 1. The van der Waals surface area contributed by atoms with Crippen molar-refractivity contribution < 1.29 is 26.4 Å². The van der Waals surface area contributed by atoms with Crippen molar-refractivity contribution in [3.05, 3.63) is 108 Å². The first-order valence-electron chi connectivity index (χ1n) is 11.5. The zero-order valence-electron chi connectivity index (χ0n) is 20.6. The third kappa shape index (κ3) is 6.96. The molecule has 0 unspecified atom stereocenters. The average molecular weight is 631 g/mol. The van der Waals surface area contributed by atoms with Crippen molar-refractivity contribution >= 4 is 58.9 Å². The molecule has 0 aliphatic rings. The number of halogens is 1. The Morgan fingerprint density at radius 2 is 1.36 bits per heavy atom. The highest BCUT2D eigenvalue weighted by atomic mass is 79.9. The minimum atomic E-state index is -4.05. The molecule has 0 aliphatic carbocycles. The Bertz CT molecular complexity index is 1650. The van der Waals surface area contributed by atoms with Gasteiger partial charge in [0.25, 0.3) is 20.0 Å². The first-order valence-corrected chi connectivity index (χ1v) is 15.2. The molecule has 4 rings (SSSR count). The van der Waals surface area contributed by atoms with Crippen molar-refractivity contribution in [3.63, 3.8) is 0 Å². The van der Waals surface area contributed by atoms with Gasteiger partial charge in [-0.2, -0.15) is 0 Å². The Labute approximate surface area is 235 Å². The van der Waals surface area contributed by atoms with Gasteiger partial charge < -0.3 is 10.1 Å². The monoisotopic (exact) mass is 629 g/mol. The molecule has 0 aromatic heterocycles. The third-order valence-corrected chi connectivity index (χ3v) is 9.24. The van der Waals surface area contributed by atoms with Crippen molar-refractivity contribution in [3.8, 4) is 5.75 Å². The molecule has 0 atom stereocenters. The highest BCUT2D eigenvalue weighted by Gasteiger charge is 2.27. The van der Waals surface area contributed by atoms with E-state index in [4.69, 9.17) is 4.74 Å². The third-order valence-electron chi connectivity index (χ3n) is 5.52. The normalized spacial score (nSPS) is 11.4. The van der Waals surface area contributed by atoms with Crippen molar-refractivity contribution in [2.24, 2.45) is 0 Å². The van der Waals surface area contributed by atoms with Crippen LogP contribution in [0.25, 0.3) is 0 Å². The minimum Gasteiger partial charge on any atom is -0.497 e. The summed E-state index contributed by atoms with van der Waals surface area (Å²) in [5.74, 6) is -0.0160. The molecule has 9 nitrogen and oxygen atoms in total. The summed E-state index contributed by atoms with van der Waals surface area (Å²) in [6.45, 7) is -0.502. The number of benzene rings is 4. The van der Waals surface area contributed by atoms with Crippen molar-refractivity contribution in [1.29, 1.82) is 0 Å². The van der Waals surface area contributed by atoms with E-state index in [0.717, 1.165) is 8.78 Å². The molecule has 0 bridgehead atoms. The zero-order chi connectivity index (χ0) is 28.0. The highest BCUT2D eigenvalue weighted by Crippen LogP contribution is 2.26. The maximum atomic E-state index is 13.4. The quantitative estimate of drug-likeness (QED) is 0.252. The smallest absolute Gasteiger partial charge is 0.264 e. The van der Waals surface area contributed by atoms with Crippen LogP contribution in [0.4, 0.5) is 17.1 Å². The molecule has 39 heavy (non-hydrogen) atoms. The van der Waals surface area contributed by atoms with Crippen LogP contribution in [0.1, 0.15) is 0 Å². The maximum absolute atomic E-state index is 13.4. The molecule has 4 aromatic carbocycles. The van der Waals surface area contributed by atoms with Gasteiger partial charge in [-0.15, -0.1) is 0 Å². The number of carbonyl (C=O) groups is 1. The topological polar surface area (TPSA) is 122 Å². The van der Waals surface area contributed by atoms with E-state index in [1.807, 2.05) is 0 Å². The van der Waals surface area contributed by atoms with Gasteiger partial charge in [0.2, 0.25) is 5.91 Å². The number of rotatable bonds is 10. The molecular weight excluding hydrogens is 606 g/mol. The number of ether oxygens (including phenoxy) is 1. The van der Waals surface area contributed by atoms with Crippen LogP contribution in [0.5, 0.6) is 5.75 Å². The number of nitrogens with zero attached hydrogens (tertiary/aromatic N) is 1. The summed E-state index contributed by atoms with van der Waals surface area (Å²) in [4.78, 5) is 13.0. The van der Waals surface area contributed by atoms with E-state index in [2.05, 4.69) is 26.0 Å². The summed E-state index contributed by atoms with van der Waals surface area (Å²) >= 11 is 3.33. The Balaban J connectivity index is 1.50. The lowest BCUT2D eigenvalue weighted by Gasteiger charge is -2.24. The summed E-state index contributed by atoms with van der Waals surface area (Å²) in [6, 6.07) is 26.3. The van der Waals surface area contributed by atoms with Gasteiger partial charge in [-0.25, -0.2) is 16.8 Å². The number of carbonyl (C=O) groups excluding carboxylic acids is 1. The SMILES string of the molecule is COc1ccc(NS(=O)(=O)c2ccc(NC(=O)CN(c3ccc(Br)cc3)S(=O)(=O)c3ccccc3)cc2)cc1. The minimum absolute atomic E-state index is 0.0144. The van der Waals surface area contributed by atoms with E-state index in [0.29, 0.717) is 22.8 Å².